The van der Waals surface area contributed by atoms with Crippen LogP contribution < -0.4 is 14.9 Å². The van der Waals surface area contributed by atoms with E-state index < -0.39 is 16.3 Å². The van der Waals surface area contributed by atoms with Crippen molar-refractivity contribution in [1.82, 2.24) is 0 Å². The topological polar surface area (TPSA) is 109 Å². The second-order valence-corrected chi connectivity index (χ2v) is 5.35. The van der Waals surface area contributed by atoms with Crippen LogP contribution >= 0.6 is 0 Å². The summed E-state index contributed by atoms with van der Waals surface area (Å²) >= 11 is 0. The first-order valence-electron chi connectivity index (χ1n) is 7.49. The maximum atomic E-state index is 12.8. The fourth-order valence-corrected chi connectivity index (χ4v) is 2.45. The lowest BCUT2D eigenvalue weighted by Gasteiger charge is -2.10. The molecule has 3 rings (SSSR count). The van der Waals surface area contributed by atoms with E-state index in [1.54, 1.807) is 24.3 Å². The van der Waals surface area contributed by atoms with Crippen molar-refractivity contribution in [2.45, 2.75) is 6.92 Å². The van der Waals surface area contributed by atoms with Crippen LogP contribution in [-0.4, -0.2) is 18.0 Å². The van der Waals surface area contributed by atoms with Crippen molar-refractivity contribution in [3.63, 3.8) is 0 Å². The molecular formula is C18H13NO7. The quantitative estimate of drug-likeness (QED) is 0.401. The molecule has 0 bridgehead atoms. The minimum absolute atomic E-state index is 0.0484. The smallest absolute Gasteiger partial charge is 0.308 e. The van der Waals surface area contributed by atoms with Crippen molar-refractivity contribution >= 4 is 22.6 Å². The van der Waals surface area contributed by atoms with Crippen LogP contribution in [0.4, 0.5) is 5.69 Å². The van der Waals surface area contributed by atoms with Crippen LogP contribution in [0.25, 0.3) is 22.3 Å². The Morgan fingerprint density at radius 2 is 1.85 bits per heavy atom. The zero-order chi connectivity index (χ0) is 18.8. The molecule has 8 heteroatoms. The molecule has 132 valence electrons. The van der Waals surface area contributed by atoms with E-state index >= 15 is 0 Å². The number of esters is 1. The fraction of sp³-hybridized carbons (Fsp3) is 0.111. The van der Waals surface area contributed by atoms with Crippen LogP contribution in [0.15, 0.2) is 51.7 Å². The number of ether oxygens (including phenoxy) is 2. The highest BCUT2D eigenvalue weighted by Gasteiger charge is 2.21. The van der Waals surface area contributed by atoms with Gasteiger partial charge in [0.1, 0.15) is 11.3 Å². The van der Waals surface area contributed by atoms with Crippen LogP contribution in [0.1, 0.15) is 6.92 Å². The summed E-state index contributed by atoms with van der Waals surface area (Å²) in [6, 6.07) is 10.3. The number of carbonyl (C=O) groups is 1. The third-order valence-corrected chi connectivity index (χ3v) is 3.64. The fourth-order valence-electron chi connectivity index (χ4n) is 2.45. The zero-order valence-corrected chi connectivity index (χ0v) is 13.8. The van der Waals surface area contributed by atoms with Crippen molar-refractivity contribution in [3.8, 4) is 22.8 Å². The average molecular weight is 355 g/mol. The SMILES string of the molecule is COc1ccc(-c2oc3ccc([N+](=O)[O-])cc3c(=O)c2OC(C)=O)cc1. The van der Waals surface area contributed by atoms with Gasteiger partial charge in [0.25, 0.3) is 5.69 Å². The van der Waals surface area contributed by atoms with E-state index in [-0.39, 0.29) is 28.2 Å². The summed E-state index contributed by atoms with van der Waals surface area (Å²) in [5.74, 6) is -0.386. The summed E-state index contributed by atoms with van der Waals surface area (Å²) in [6.07, 6.45) is 0. The van der Waals surface area contributed by atoms with Crippen LogP contribution in [0.5, 0.6) is 11.5 Å². The van der Waals surface area contributed by atoms with Gasteiger partial charge in [0, 0.05) is 24.6 Å². The molecule has 1 aromatic heterocycles. The van der Waals surface area contributed by atoms with E-state index in [0.29, 0.717) is 11.3 Å². The molecule has 0 unspecified atom stereocenters. The maximum absolute atomic E-state index is 12.8. The number of benzene rings is 2. The van der Waals surface area contributed by atoms with Crippen molar-refractivity contribution in [2.24, 2.45) is 0 Å². The number of non-ortho nitro benzene ring substituents is 1. The van der Waals surface area contributed by atoms with Gasteiger partial charge in [-0.2, -0.15) is 0 Å². The normalized spacial score (nSPS) is 10.5. The predicted molar refractivity (Wildman–Crippen MR) is 92.4 cm³/mol. The molecule has 3 aromatic rings. The van der Waals surface area contributed by atoms with Gasteiger partial charge in [-0.15, -0.1) is 0 Å². The number of rotatable bonds is 4. The molecule has 0 fully saturated rings. The molecule has 26 heavy (non-hydrogen) atoms. The number of fused-ring (bicyclic) bond motifs is 1. The molecule has 0 saturated heterocycles. The van der Waals surface area contributed by atoms with E-state index in [1.165, 1.54) is 19.2 Å². The summed E-state index contributed by atoms with van der Waals surface area (Å²) in [5.41, 5.74) is -0.312. The van der Waals surface area contributed by atoms with Crippen molar-refractivity contribution in [2.75, 3.05) is 7.11 Å². The highest BCUT2D eigenvalue weighted by Crippen LogP contribution is 2.33. The first-order valence-corrected chi connectivity index (χ1v) is 7.49. The van der Waals surface area contributed by atoms with Crippen LogP contribution in [-0.2, 0) is 4.79 Å². The first-order chi connectivity index (χ1) is 12.4. The Morgan fingerprint density at radius 1 is 1.15 bits per heavy atom. The summed E-state index contributed by atoms with van der Waals surface area (Å²) < 4.78 is 15.9. The average Bonchev–Trinajstić information content (AvgIpc) is 2.63. The Balaban J connectivity index is 2.29. The van der Waals surface area contributed by atoms with E-state index in [4.69, 9.17) is 13.9 Å². The lowest BCUT2D eigenvalue weighted by Crippen LogP contribution is -2.13. The Bertz CT molecular complexity index is 1070. The molecule has 0 atom stereocenters. The van der Waals surface area contributed by atoms with Gasteiger partial charge in [-0.25, -0.2) is 0 Å². The van der Waals surface area contributed by atoms with E-state index in [9.17, 15) is 19.7 Å². The standard InChI is InChI=1S/C18H13NO7/c1-10(20)25-18-16(21)14-9-12(19(22)23)5-8-15(14)26-17(18)11-3-6-13(24-2)7-4-11/h3-9H,1-2H3. The van der Waals surface area contributed by atoms with Gasteiger partial charge in [-0.3, -0.25) is 19.7 Å². The molecule has 0 amide bonds. The monoisotopic (exact) mass is 355 g/mol. The lowest BCUT2D eigenvalue weighted by atomic mass is 10.1. The van der Waals surface area contributed by atoms with Crippen LogP contribution in [0.3, 0.4) is 0 Å². The number of nitrogens with zero attached hydrogens (tertiary/aromatic N) is 1. The van der Waals surface area contributed by atoms with E-state index in [0.717, 1.165) is 13.0 Å². The molecule has 0 saturated carbocycles. The highest BCUT2D eigenvalue weighted by atomic mass is 16.6. The number of nitro benzene ring substituents is 1. The number of nitro groups is 1. The first kappa shape index (κ1) is 17.2. The zero-order valence-electron chi connectivity index (χ0n) is 13.8. The molecule has 0 aliphatic heterocycles. The van der Waals surface area contributed by atoms with Gasteiger partial charge < -0.3 is 13.9 Å². The van der Waals surface area contributed by atoms with Gasteiger partial charge in [-0.05, 0) is 30.3 Å². The highest BCUT2D eigenvalue weighted by molar-refractivity contribution is 5.85. The Hall–Kier alpha value is -3.68. The minimum Gasteiger partial charge on any atom is -0.497 e. The molecular weight excluding hydrogens is 342 g/mol. The molecule has 8 nitrogen and oxygen atoms in total. The van der Waals surface area contributed by atoms with E-state index in [1.807, 2.05) is 0 Å². The number of methoxy groups -OCH3 is 1. The van der Waals surface area contributed by atoms with Crippen molar-refractivity contribution in [1.29, 1.82) is 0 Å². The Labute approximate surface area is 146 Å². The predicted octanol–water partition coefficient (Wildman–Crippen LogP) is 3.30. The molecule has 1 heterocycles. The van der Waals surface area contributed by atoms with Gasteiger partial charge in [0.05, 0.1) is 17.4 Å². The second-order valence-electron chi connectivity index (χ2n) is 5.35. The lowest BCUT2D eigenvalue weighted by molar-refractivity contribution is -0.384. The molecule has 0 aliphatic rings. The van der Waals surface area contributed by atoms with Gasteiger partial charge in [-0.1, -0.05) is 0 Å². The molecule has 0 spiro atoms. The van der Waals surface area contributed by atoms with Gasteiger partial charge in [0.2, 0.25) is 11.2 Å². The molecule has 0 radical (unpaired) electrons. The Morgan fingerprint density at radius 3 is 2.42 bits per heavy atom. The number of hydrogen-bond donors (Lipinski definition) is 0. The third-order valence-electron chi connectivity index (χ3n) is 3.64. The number of hydrogen-bond acceptors (Lipinski definition) is 7. The van der Waals surface area contributed by atoms with Crippen LogP contribution in [0, 0.1) is 10.1 Å². The number of carbonyl (C=O) groups excluding carboxylic acids is 1. The second kappa shape index (κ2) is 6.67. The summed E-state index contributed by atoms with van der Waals surface area (Å²) in [7, 11) is 1.52. The summed E-state index contributed by atoms with van der Waals surface area (Å²) in [6.45, 7) is 1.15. The van der Waals surface area contributed by atoms with E-state index in [2.05, 4.69) is 0 Å². The largest absolute Gasteiger partial charge is 0.497 e. The van der Waals surface area contributed by atoms with Gasteiger partial charge in [0.15, 0.2) is 5.76 Å². The van der Waals surface area contributed by atoms with Crippen LogP contribution in [0.2, 0.25) is 0 Å². The van der Waals surface area contributed by atoms with Crippen molar-refractivity contribution < 1.29 is 23.6 Å². The molecule has 0 N–H and O–H groups in total. The summed E-state index contributed by atoms with van der Waals surface area (Å²) in [4.78, 5) is 34.5. The third kappa shape index (κ3) is 3.12. The van der Waals surface area contributed by atoms with Gasteiger partial charge >= 0.3 is 5.97 Å². The Kier molecular flexibility index (Phi) is 4.40. The minimum atomic E-state index is -0.711. The maximum Gasteiger partial charge on any atom is 0.308 e. The molecule has 0 aliphatic carbocycles. The summed E-state index contributed by atoms with van der Waals surface area (Å²) in [5, 5.41) is 10.9. The molecule has 2 aromatic carbocycles. The van der Waals surface area contributed by atoms with Crippen molar-refractivity contribution in [3.05, 3.63) is 62.8 Å².